The summed E-state index contributed by atoms with van der Waals surface area (Å²) in [5.41, 5.74) is 0. The lowest BCUT2D eigenvalue weighted by Gasteiger charge is -2.35. The van der Waals surface area contributed by atoms with Crippen molar-refractivity contribution in [1.82, 2.24) is 15.1 Å². The van der Waals surface area contributed by atoms with Gasteiger partial charge in [-0.05, 0) is 72.1 Å². The van der Waals surface area contributed by atoms with E-state index >= 15 is 0 Å². The second-order valence-electron chi connectivity index (χ2n) is 6.66. The SMILES string of the molecule is CCCN1CCC(C(C)NCCN(C)C(C)CC)CC1. The van der Waals surface area contributed by atoms with Crippen LogP contribution in [0.5, 0.6) is 0 Å². The highest BCUT2D eigenvalue weighted by Gasteiger charge is 2.23. The van der Waals surface area contributed by atoms with Crippen LogP contribution < -0.4 is 5.32 Å². The molecule has 0 aromatic rings. The van der Waals surface area contributed by atoms with Crippen LogP contribution >= 0.6 is 0 Å². The molecule has 2 atom stereocenters. The zero-order valence-corrected chi connectivity index (χ0v) is 14.5. The van der Waals surface area contributed by atoms with E-state index < -0.39 is 0 Å². The number of nitrogens with zero attached hydrogens (tertiary/aromatic N) is 2. The van der Waals surface area contributed by atoms with Crippen molar-refractivity contribution < 1.29 is 0 Å². The smallest absolute Gasteiger partial charge is 0.0107 e. The molecule has 0 spiro atoms. The van der Waals surface area contributed by atoms with Crippen LogP contribution in [0.2, 0.25) is 0 Å². The molecule has 3 heteroatoms. The minimum absolute atomic E-state index is 0.670. The van der Waals surface area contributed by atoms with Crippen LogP contribution in [-0.2, 0) is 0 Å². The molecule has 0 aromatic heterocycles. The predicted molar refractivity (Wildman–Crippen MR) is 89.3 cm³/mol. The van der Waals surface area contributed by atoms with Crippen LogP contribution in [0, 0.1) is 5.92 Å². The maximum absolute atomic E-state index is 3.75. The molecule has 1 aliphatic heterocycles. The van der Waals surface area contributed by atoms with Gasteiger partial charge in [0.1, 0.15) is 0 Å². The molecule has 120 valence electrons. The zero-order chi connectivity index (χ0) is 15.0. The number of likely N-dealkylation sites (tertiary alicyclic amines) is 1. The van der Waals surface area contributed by atoms with Gasteiger partial charge in [-0.2, -0.15) is 0 Å². The van der Waals surface area contributed by atoms with Crippen LogP contribution in [0.4, 0.5) is 0 Å². The summed E-state index contributed by atoms with van der Waals surface area (Å²) in [5.74, 6) is 0.872. The quantitative estimate of drug-likeness (QED) is 0.702. The van der Waals surface area contributed by atoms with E-state index in [1.165, 1.54) is 45.3 Å². The van der Waals surface area contributed by atoms with Crippen molar-refractivity contribution in [3.63, 3.8) is 0 Å². The Bertz CT molecular complexity index is 236. The number of piperidine rings is 1. The maximum Gasteiger partial charge on any atom is 0.0107 e. The fourth-order valence-corrected chi connectivity index (χ4v) is 3.16. The Labute approximate surface area is 127 Å². The highest BCUT2D eigenvalue weighted by atomic mass is 15.1. The second-order valence-corrected chi connectivity index (χ2v) is 6.66. The third kappa shape index (κ3) is 6.11. The van der Waals surface area contributed by atoms with Gasteiger partial charge in [-0.3, -0.25) is 0 Å². The van der Waals surface area contributed by atoms with Gasteiger partial charge in [0.15, 0.2) is 0 Å². The van der Waals surface area contributed by atoms with Crippen molar-refractivity contribution in [3.05, 3.63) is 0 Å². The molecule has 2 unspecified atom stereocenters. The van der Waals surface area contributed by atoms with Gasteiger partial charge in [0, 0.05) is 25.2 Å². The molecule has 20 heavy (non-hydrogen) atoms. The van der Waals surface area contributed by atoms with Crippen molar-refractivity contribution in [2.75, 3.05) is 39.8 Å². The maximum atomic E-state index is 3.75. The average molecular weight is 284 g/mol. The molecule has 1 rings (SSSR count). The predicted octanol–water partition coefficient (Wildman–Crippen LogP) is 2.82. The van der Waals surface area contributed by atoms with E-state index in [2.05, 4.69) is 49.9 Å². The summed E-state index contributed by atoms with van der Waals surface area (Å²) in [5, 5.41) is 3.75. The Kier molecular flexibility index (Phi) is 8.74. The van der Waals surface area contributed by atoms with Gasteiger partial charge in [-0.25, -0.2) is 0 Å². The molecular weight excluding hydrogens is 246 g/mol. The zero-order valence-electron chi connectivity index (χ0n) is 14.5. The number of hydrogen-bond acceptors (Lipinski definition) is 3. The highest BCUT2D eigenvalue weighted by molar-refractivity contribution is 4.79. The first kappa shape index (κ1) is 17.9. The summed E-state index contributed by atoms with van der Waals surface area (Å²) < 4.78 is 0. The van der Waals surface area contributed by atoms with E-state index in [0.717, 1.165) is 19.0 Å². The summed E-state index contributed by atoms with van der Waals surface area (Å²) in [7, 11) is 2.24. The number of rotatable bonds is 9. The topological polar surface area (TPSA) is 18.5 Å². The third-order valence-corrected chi connectivity index (χ3v) is 5.15. The van der Waals surface area contributed by atoms with E-state index in [1.807, 2.05) is 0 Å². The van der Waals surface area contributed by atoms with Crippen molar-refractivity contribution in [3.8, 4) is 0 Å². The Morgan fingerprint density at radius 3 is 2.40 bits per heavy atom. The Morgan fingerprint density at radius 2 is 1.85 bits per heavy atom. The molecule has 0 aliphatic carbocycles. The number of hydrogen-bond donors (Lipinski definition) is 1. The Morgan fingerprint density at radius 1 is 1.20 bits per heavy atom. The normalized spacial score (nSPS) is 21.3. The van der Waals surface area contributed by atoms with Gasteiger partial charge in [-0.1, -0.05) is 13.8 Å². The van der Waals surface area contributed by atoms with E-state index in [9.17, 15) is 0 Å². The molecule has 1 aliphatic rings. The molecule has 0 bridgehead atoms. The van der Waals surface area contributed by atoms with Crippen LogP contribution in [0.1, 0.15) is 53.4 Å². The molecule has 3 nitrogen and oxygen atoms in total. The standard InChI is InChI=1S/C17H37N3/c1-6-11-20-12-8-17(9-13-20)16(4)18-10-14-19(5)15(3)7-2/h15-18H,6-14H2,1-5H3. The van der Waals surface area contributed by atoms with Crippen LogP contribution in [-0.4, -0.2) is 61.7 Å². The summed E-state index contributed by atoms with van der Waals surface area (Å²) in [6, 6.07) is 1.37. The van der Waals surface area contributed by atoms with Gasteiger partial charge < -0.3 is 15.1 Å². The average Bonchev–Trinajstić information content (AvgIpc) is 2.47. The first-order chi connectivity index (χ1) is 9.58. The Balaban J connectivity index is 2.16. The van der Waals surface area contributed by atoms with Crippen molar-refractivity contribution >= 4 is 0 Å². The van der Waals surface area contributed by atoms with E-state index in [1.54, 1.807) is 0 Å². The minimum Gasteiger partial charge on any atom is -0.313 e. The number of likely N-dealkylation sites (N-methyl/N-ethyl adjacent to an activating group) is 1. The molecule has 0 saturated carbocycles. The van der Waals surface area contributed by atoms with E-state index in [4.69, 9.17) is 0 Å². The highest BCUT2D eigenvalue weighted by Crippen LogP contribution is 2.20. The van der Waals surface area contributed by atoms with E-state index in [0.29, 0.717) is 12.1 Å². The van der Waals surface area contributed by atoms with Crippen molar-refractivity contribution in [2.24, 2.45) is 5.92 Å². The van der Waals surface area contributed by atoms with Crippen molar-refractivity contribution in [2.45, 2.75) is 65.5 Å². The molecule has 1 N–H and O–H groups in total. The number of nitrogens with one attached hydrogen (secondary N) is 1. The van der Waals surface area contributed by atoms with Gasteiger partial charge in [0.25, 0.3) is 0 Å². The lowest BCUT2D eigenvalue weighted by molar-refractivity contribution is 0.160. The molecule has 1 fully saturated rings. The van der Waals surface area contributed by atoms with Crippen molar-refractivity contribution in [1.29, 1.82) is 0 Å². The molecule has 0 amide bonds. The summed E-state index contributed by atoms with van der Waals surface area (Å²) in [6.07, 6.45) is 5.27. The fraction of sp³-hybridized carbons (Fsp3) is 1.00. The second kappa shape index (κ2) is 9.75. The van der Waals surface area contributed by atoms with Gasteiger partial charge in [0.2, 0.25) is 0 Å². The van der Waals surface area contributed by atoms with Gasteiger partial charge >= 0.3 is 0 Å². The Hall–Kier alpha value is -0.120. The summed E-state index contributed by atoms with van der Waals surface area (Å²) >= 11 is 0. The van der Waals surface area contributed by atoms with Gasteiger partial charge in [0.05, 0.1) is 0 Å². The minimum atomic E-state index is 0.670. The monoisotopic (exact) mass is 283 g/mol. The molecular formula is C17H37N3. The fourth-order valence-electron chi connectivity index (χ4n) is 3.16. The molecule has 0 aromatic carbocycles. The van der Waals surface area contributed by atoms with Crippen LogP contribution in [0.25, 0.3) is 0 Å². The lowest BCUT2D eigenvalue weighted by Crippen LogP contribution is -2.44. The van der Waals surface area contributed by atoms with Crippen LogP contribution in [0.3, 0.4) is 0 Å². The first-order valence-electron chi connectivity index (χ1n) is 8.74. The largest absolute Gasteiger partial charge is 0.313 e. The molecule has 0 radical (unpaired) electrons. The van der Waals surface area contributed by atoms with E-state index in [-0.39, 0.29) is 0 Å². The summed E-state index contributed by atoms with van der Waals surface area (Å²) in [6.45, 7) is 15.4. The third-order valence-electron chi connectivity index (χ3n) is 5.15. The lowest BCUT2D eigenvalue weighted by atomic mass is 9.90. The first-order valence-corrected chi connectivity index (χ1v) is 8.74. The van der Waals surface area contributed by atoms with Crippen LogP contribution in [0.15, 0.2) is 0 Å². The van der Waals surface area contributed by atoms with Gasteiger partial charge in [-0.15, -0.1) is 0 Å². The molecule has 1 heterocycles. The summed E-state index contributed by atoms with van der Waals surface area (Å²) in [4.78, 5) is 5.09. The molecule has 1 saturated heterocycles.